The highest BCUT2D eigenvalue weighted by molar-refractivity contribution is 9.10. The fourth-order valence-electron chi connectivity index (χ4n) is 3.25. The molecule has 0 radical (unpaired) electrons. The maximum atomic E-state index is 12.5. The van der Waals surface area contributed by atoms with Gasteiger partial charge in [-0.1, -0.05) is 18.2 Å². The van der Waals surface area contributed by atoms with Crippen LogP contribution in [0.4, 0.5) is 5.69 Å². The highest BCUT2D eigenvalue weighted by Gasteiger charge is 2.15. The maximum Gasteiger partial charge on any atom is 0.271 e. The molecule has 0 unspecified atom stereocenters. The number of halogens is 1. The van der Waals surface area contributed by atoms with Crippen LogP contribution in [0.3, 0.4) is 0 Å². The molecule has 188 valence electrons. The number of hydrogen-bond acceptors (Lipinski definition) is 6. The van der Waals surface area contributed by atoms with Gasteiger partial charge in [-0.15, -0.1) is 0 Å². The summed E-state index contributed by atoms with van der Waals surface area (Å²) in [5.74, 6) is 0.751. The summed E-state index contributed by atoms with van der Waals surface area (Å²) in [4.78, 5) is 24.8. The number of amides is 2. The minimum absolute atomic E-state index is 0.198. The van der Waals surface area contributed by atoms with Crippen LogP contribution in [-0.2, 0) is 4.79 Å². The molecule has 0 spiro atoms. The minimum atomic E-state index is -0.371. The van der Waals surface area contributed by atoms with Gasteiger partial charge in [0.1, 0.15) is 5.75 Å². The van der Waals surface area contributed by atoms with E-state index in [1.54, 1.807) is 36.4 Å². The normalized spacial score (nSPS) is 10.7. The van der Waals surface area contributed by atoms with Gasteiger partial charge < -0.3 is 19.5 Å². The predicted octanol–water partition coefficient (Wildman–Crippen LogP) is 5.25. The van der Waals surface area contributed by atoms with Crippen molar-refractivity contribution in [2.75, 3.05) is 25.6 Å². The third-order valence-corrected chi connectivity index (χ3v) is 5.65. The van der Waals surface area contributed by atoms with E-state index in [0.717, 1.165) is 16.8 Å². The van der Waals surface area contributed by atoms with Gasteiger partial charge in [0, 0.05) is 11.3 Å². The van der Waals surface area contributed by atoms with Gasteiger partial charge >= 0.3 is 0 Å². The maximum absolute atomic E-state index is 12.5. The number of ether oxygens (including phenoxy) is 3. The van der Waals surface area contributed by atoms with Gasteiger partial charge in [-0.25, -0.2) is 5.43 Å². The molecule has 3 rings (SSSR count). The largest absolute Gasteiger partial charge is 0.497 e. The number of aryl methyl sites for hydroxylation is 2. The second kappa shape index (κ2) is 12.7. The first-order valence-corrected chi connectivity index (χ1v) is 12.0. The quantitative estimate of drug-likeness (QED) is 0.264. The molecule has 0 aliphatic rings. The van der Waals surface area contributed by atoms with Gasteiger partial charge in [-0.3, -0.25) is 9.59 Å². The van der Waals surface area contributed by atoms with E-state index in [1.165, 1.54) is 13.3 Å². The van der Waals surface area contributed by atoms with Crippen molar-refractivity contribution in [3.05, 3.63) is 81.3 Å². The minimum Gasteiger partial charge on any atom is -0.497 e. The molecule has 8 nitrogen and oxygen atoms in total. The molecule has 0 bridgehead atoms. The lowest BCUT2D eigenvalue weighted by molar-refractivity contribution is -0.118. The highest BCUT2D eigenvalue weighted by atomic mass is 79.9. The van der Waals surface area contributed by atoms with Crippen molar-refractivity contribution in [2.24, 2.45) is 5.10 Å². The molecule has 0 aliphatic heterocycles. The molecule has 0 aliphatic carbocycles. The topological polar surface area (TPSA) is 98.2 Å². The van der Waals surface area contributed by atoms with Crippen LogP contribution in [0.5, 0.6) is 17.2 Å². The van der Waals surface area contributed by atoms with Gasteiger partial charge in [-0.05, 0) is 89.8 Å². The lowest BCUT2D eigenvalue weighted by Gasteiger charge is -2.15. The Bertz CT molecular complexity index is 1280. The molecule has 0 fully saturated rings. The van der Waals surface area contributed by atoms with E-state index in [9.17, 15) is 9.59 Å². The predicted molar refractivity (Wildman–Crippen MR) is 143 cm³/mol. The fourth-order valence-corrected chi connectivity index (χ4v) is 3.83. The summed E-state index contributed by atoms with van der Waals surface area (Å²) in [5, 5.41) is 6.91. The number of nitrogens with zero attached hydrogens (tertiary/aromatic N) is 1. The zero-order valence-electron chi connectivity index (χ0n) is 20.6. The molecule has 2 N–H and O–H groups in total. The summed E-state index contributed by atoms with van der Waals surface area (Å²) < 4.78 is 17.2. The Hall–Kier alpha value is -3.85. The van der Waals surface area contributed by atoms with Crippen molar-refractivity contribution >= 4 is 39.6 Å². The second-order valence-electron chi connectivity index (χ2n) is 7.85. The first-order valence-electron chi connectivity index (χ1n) is 11.2. The molecule has 0 aromatic heterocycles. The van der Waals surface area contributed by atoms with Crippen LogP contribution in [0, 0.1) is 13.8 Å². The van der Waals surface area contributed by atoms with Crippen molar-refractivity contribution in [3.8, 4) is 17.2 Å². The van der Waals surface area contributed by atoms with Gasteiger partial charge in [0.05, 0.1) is 24.4 Å². The standard InChI is InChI=1S/C27H28BrN3O5/c1-5-35-24-13-19(15-29-31-27(33)20-7-6-8-21(14-20)34-4)12-22(28)26(24)36-16-25(32)30-23-11-17(2)9-10-18(23)3/h6-15H,5,16H2,1-4H3,(H,30,32)(H,31,33)/b29-15+. The van der Waals surface area contributed by atoms with Crippen LogP contribution in [0.15, 0.2) is 64.2 Å². The number of carbonyl (C=O) groups is 2. The third kappa shape index (κ3) is 7.32. The molecule has 36 heavy (non-hydrogen) atoms. The van der Waals surface area contributed by atoms with E-state index in [4.69, 9.17) is 14.2 Å². The first kappa shape index (κ1) is 26.7. The van der Waals surface area contributed by atoms with E-state index in [1.807, 2.05) is 39.0 Å². The Balaban J connectivity index is 1.67. The van der Waals surface area contributed by atoms with E-state index >= 15 is 0 Å². The molecule has 0 heterocycles. The summed E-state index contributed by atoms with van der Waals surface area (Å²) in [6, 6.07) is 16.1. The monoisotopic (exact) mass is 553 g/mol. The van der Waals surface area contributed by atoms with Crippen LogP contribution in [-0.4, -0.2) is 38.4 Å². The van der Waals surface area contributed by atoms with Gasteiger partial charge in [0.25, 0.3) is 11.8 Å². The van der Waals surface area contributed by atoms with E-state index in [0.29, 0.717) is 39.5 Å². The Morgan fingerprint density at radius 2 is 1.86 bits per heavy atom. The molecule has 0 atom stereocenters. The van der Waals surface area contributed by atoms with Crippen molar-refractivity contribution in [2.45, 2.75) is 20.8 Å². The summed E-state index contributed by atoms with van der Waals surface area (Å²) in [7, 11) is 1.54. The Morgan fingerprint density at radius 1 is 1.06 bits per heavy atom. The van der Waals surface area contributed by atoms with Crippen LogP contribution >= 0.6 is 15.9 Å². The zero-order valence-corrected chi connectivity index (χ0v) is 22.1. The molecule has 0 saturated heterocycles. The van der Waals surface area contributed by atoms with Crippen LogP contribution in [0.1, 0.15) is 34.0 Å². The van der Waals surface area contributed by atoms with E-state index in [-0.39, 0.29) is 18.4 Å². The van der Waals surface area contributed by atoms with E-state index < -0.39 is 0 Å². The van der Waals surface area contributed by atoms with Crippen molar-refractivity contribution in [1.82, 2.24) is 5.43 Å². The summed E-state index contributed by atoms with van der Waals surface area (Å²) in [6.45, 7) is 5.94. The molecule has 9 heteroatoms. The molecule has 3 aromatic rings. The SMILES string of the molecule is CCOc1cc(/C=N/NC(=O)c2cccc(OC)c2)cc(Br)c1OCC(=O)Nc1cc(C)ccc1C. The fraction of sp³-hybridized carbons (Fsp3) is 0.222. The molecular weight excluding hydrogens is 526 g/mol. The molecular formula is C27H28BrN3O5. The third-order valence-electron chi connectivity index (χ3n) is 5.06. The molecule has 3 aromatic carbocycles. The number of methoxy groups -OCH3 is 1. The first-order chi connectivity index (χ1) is 17.3. The van der Waals surface area contributed by atoms with Gasteiger partial charge in [-0.2, -0.15) is 5.10 Å². The second-order valence-corrected chi connectivity index (χ2v) is 8.70. The Labute approximate surface area is 218 Å². The zero-order chi connectivity index (χ0) is 26.1. The lowest BCUT2D eigenvalue weighted by atomic mass is 10.1. The van der Waals surface area contributed by atoms with Gasteiger partial charge in [0.15, 0.2) is 18.1 Å². The number of rotatable bonds is 10. The summed E-state index contributed by atoms with van der Waals surface area (Å²) in [5.41, 5.74) is 6.33. The average molecular weight is 554 g/mol. The van der Waals surface area contributed by atoms with Gasteiger partial charge in [0.2, 0.25) is 0 Å². The van der Waals surface area contributed by atoms with Crippen LogP contribution in [0.2, 0.25) is 0 Å². The number of anilines is 1. The van der Waals surface area contributed by atoms with Crippen molar-refractivity contribution in [3.63, 3.8) is 0 Å². The Kier molecular flexibility index (Phi) is 9.46. The number of benzene rings is 3. The van der Waals surface area contributed by atoms with Crippen molar-refractivity contribution in [1.29, 1.82) is 0 Å². The van der Waals surface area contributed by atoms with E-state index in [2.05, 4.69) is 31.8 Å². The Morgan fingerprint density at radius 3 is 2.61 bits per heavy atom. The highest BCUT2D eigenvalue weighted by Crippen LogP contribution is 2.36. The summed E-state index contributed by atoms with van der Waals surface area (Å²) >= 11 is 3.48. The number of hydrazone groups is 1. The number of nitrogens with one attached hydrogen (secondary N) is 2. The van der Waals surface area contributed by atoms with Crippen LogP contribution < -0.4 is 25.0 Å². The average Bonchev–Trinajstić information content (AvgIpc) is 2.86. The van der Waals surface area contributed by atoms with Crippen molar-refractivity contribution < 1.29 is 23.8 Å². The van der Waals surface area contributed by atoms with Crippen LogP contribution in [0.25, 0.3) is 0 Å². The number of carbonyl (C=O) groups excluding carboxylic acids is 2. The molecule has 2 amide bonds. The smallest absolute Gasteiger partial charge is 0.271 e. The molecule has 0 saturated carbocycles. The number of hydrogen-bond donors (Lipinski definition) is 2. The summed E-state index contributed by atoms with van der Waals surface area (Å²) in [6.07, 6.45) is 1.49. The lowest BCUT2D eigenvalue weighted by Crippen LogP contribution is -2.21.